The number of benzene rings is 1. The zero-order valence-corrected chi connectivity index (χ0v) is 12.4. The van der Waals surface area contributed by atoms with Gasteiger partial charge in [-0.25, -0.2) is 0 Å². The summed E-state index contributed by atoms with van der Waals surface area (Å²) in [6.07, 6.45) is 7.88. The summed E-state index contributed by atoms with van der Waals surface area (Å²) in [4.78, 5) is 4.27. The van der Waals surface area contributed by atoms with Crippen molar-refractivity contribution in [2.24, 2.45) is 0 Å². The smallest absolute Gasteiger partial charge is 0.217 e. The first kappa shape index (κ1) is 13.7. The molecule has 1 aromatic carbocycles. The molecule has 94 valence electrons. The van der Waals surface area contributed by atoms with Crippen molar-refractivity contribution in [3.05, 3.63) is 72.7 Å². The van der Waals surface area contributed by atoms with Crippen LogP contribution in [0.1, 0.15) is 5.69 Å². The normalized spacial score (nSPS) is 10.5. The van der Waals surface area contributed by atoms with Crippen LogP contribution in [0.25, 0.3) is 23.2 Å². The summed E-state index contributed by atoms with van der Waals surface area (Å²) in [6.45, 7) is 0. The maximum atomic E-state index is 4.27. The lowest BCUT2D eigenvalue weighted by Gasteiger charge is -1.95. The summed E-state index contributed by atoms with van der Waals surface area (Å²) in [7, 11) is 0. The first-order chi connectivity index (χ1) is 8.93. The van der Waals surface area contributed by atoms with Crippen molar-refractivity contribution in [2.45, 2.75) is 0 Å². The van der Waals surface area contributed by atoms with E-state index in [-0.39, 0.29) is 24.0 Å². The Morgan fingerprint density at radius 2 is 1.68 bits per heavy atom. The van der Waals surface area contributed by atoms with E-state index in [0.29, 0.717) is 0 Å². The highest BCUT2D eigenvalue weighted by atomic mass is 127. The second-order valence-electron chi connectivity index (χ2n) is 4.04. The van der Waals surface area contributed by atoms with Crippen molar-refractivity contribution in [3.63, 3.8) is 0 Å². The van der Waals surface area contributed by atoms with E-state index in [1.54, 1.807) is 6.20 Å². The predicted octanol–water partition coefficient (Wildman–Crippen LogP) is 0.154. The van der Waals surface area contributed by atoms with Crippen LogP contribution in [0.2, 0.25) is 0 Å². The van der Waals surface area contributed by atoms with Gasteiger partial charge in [-0.15, -0.1) is 0 Å². The molecule has 0 saturated carbocycles. The molecule has 0 saturated heterocycles. The number of rotatable bonds is 2. The fourth-order valence-electron chi connectivity index (χ4n) is 1.94. The first-order valence-electron chi connectivity index (χ1n) is 5.92. The van der Waals surface area contributed by atoms with Crippen molar-refractivity contribution < 1.29 is 28.5 Å². The van der Waals surface area contributed by atoms with E-state index in [9.17, 15) is 0 Å². The summed E-state index contributed by atoms with van der Waals surface area (Å²) in [5, 5.41) is 1.23. The number of hydrogen-bond acceptors (Lipinski definition) is 1. The average Bonchev–Trinajstić information content (AvgIpc) is 2.46. The highest BCUT2D eigenvalue weighted by Crippen LogP contribution is 2.08. The number of pyridine rings is 2. The van der Waals surface area contributed by atoms with E-state index < -0.39 is 0 Å². The lowest BCUT2D eigenvalue weighted by atomic mass is 10.2. The Bertz CT molecular complexity index is 688. The van der Waals surface area contributed by atoms with E-state index in [4.69, 9.17) is 0 Å². The van der Waals surface area contributed by atoms with E-state index in [1.165, 1.54) is 10.9 Å². The maximum absolute atomic E-state index is 4.27. The number of nitrogens with zero attached hydrogens (tertiary/aromatic N) is 2. The molecule has 3 aromatic rings. The highest BCUT2D eigenvalue weighted by molar-refractivity contribution is 5.75. The Morgan fingerprint density at radius 3 is 2.53 bits per heavy atom. The maximum Gasteiger partial charge on any atom is 0.217 e. The summed E-state index contributed by atoms with van der Waals surface area (Å²) < 4.78 is 2.10. The van der Waals surface area contributed by atoms with Crippen molar-refractivity contribution >= 4 is 23.2 Å². The van der Waals surface area contributed by atoms with Gasteiger partial charge in [0.25, 0.3) is 0 Å². The topological polar surface area (TPSA) is 16.8 Å². The third-order valence-electron chi connectivity index (χ3n) is 2.83. The minimum absolute atomic E-state index is 0. The molecule has 0 N–H and O–H groups in total. The minimum atomic E-state index is 0. The number of halogens is 1. The van der Waals surface area contributed by atoms with Crippen LogP contribution in [0.3, 0.4) is 0 Å². The molecule has 0 fully saturated rings. The molecule has 0 unspecified atom stereocenters. The van der Waals surface area contributed by atoms with Gasteiger partial charge >= 0.3 is 0 Å². The highest BCUT2D eigenvalue weighted by Gasteiger charge is 2.03. The third kappa shape index (κ3) is 3.17. The van der Waals surface area contributed by atoms with Crippen molar-refractivity contribution in [1.82, 2.24) is 4.98 Å². The Hall–Kier alpha value is -1.75. The predicted molar refractivity (Wildman–Crippen MR) is 73.6 cm³/mol. The molecule has 2 nitrogen and oxygen atoms in total. The molecule has 19 heavy (non-hydrogen) atoms. The molecule has 0 bridgehead atoms. The van der Waals surface area contributed by atoms with Crippen molar-refractivity contribution in [3.8, 4) is 0 Å². The molecule has 2 aromatic heterocycles. The summed E-state index contributed by atoms with van der Waals surface area (Å²) >= 11 is 0. The van der Waals surface area contributed by atoms with E-state index >= 15 is 0 Å². The molecule has 2 heterocycles. The molecule has 3 heteroatoms. The molecular formula is C16H13IN2. The number of hydrogen-bond donors (Lipinski definition) is 0. The summed E-state index contributed by atoms with van der Waals surface area (Å²) in [5.41, 5.74) is 2.14. The lowest BCUT2D eigenvalue weighted by molar-refractivity contribution is -0.538. The molecule has 0 amide bonds. The lowest BCUT2D eigenvalue weighted by Crippen LogP contribution is -3.00. The van der Waals surface area contributed by atoms with Crippen molar-refractivity contribution in [1.29, 1.82) is 0 Å². The Kier molecular flexibility index (Phi) is 4.63. The average molecular weight is 360 g/mol. The summed E-state index contributed by atoms with van der Waals surface area (Å²) in [6, 6.07) is 18.4. The molecule has 0 aliphatic heterocycles. The molecule has 0 aliphatic carbocycles. The van der Waals surface area contributed by atoms with Gasteiger partial charge < -0.3 is 24.0 Å². The zero-order chi connectivity index (χ0) is 12.2. The number of aromatic nitrogens is 2. The summed E-state index contributed by atoms with van der Waals surface area (Å²) in [5.74, 6) is 0. The zero-order valence-electron chi connectivity index (χ0n) is 10.3. The van der Waals surface area contributed by atoms with Gasteiger partial charge in [-0.3, -0.25) is 4.98 Å². The molecule has 0 aliphatic rings. The van der Waals surface area contributed by atoms with Gasteiger partial charge in [0.15, 0.2) is 12.4 Å². The van der Waals surface area contributed by atoms with Crippen LogP contribution in [0.5, 0.6) is 0 Å². The van der Waals surface area contributed by atoms with Crippen LogP contribution in [0.15, 0.2) is 67.0 Å². The molecule has 3 rings (SSSR count). The third-order valence-corrected chi connectivity index (χ3v) is 2.83. The Labute approximate surface area is 129 Å². The number of fused-ring (bicyclic) bond motifs is 1. The molecule has 0 atom stereocenters. The molecule has 0 spiro atoms. The fourth-order valence-corrected chi connectivity index (χ4v) is 1.94. The van der Waals surface area contributed by atoms with Crippen LogP contribution in [-0.4, -0.2) is 4.98 Å². The SMILES string of the molecule is C(=C[n+]1cccc2ccccc21)c1ccccn1.[I-]. The Morgan fingerprint density at radius 1 is 0.895 bits per heavy atom. The van der Waals surface area contributed by atoms with Crippen LogP contribution in [-0.2, 0) is 0 Å². The second-order valence-corrected chi connectivity index (χ2v) is 4.04. The largest absolute Gasteiger partial charge is 1.00 e. The van der Waals surface area contributed by atoms with Crippen LogP contribution < -0.4 is 28.5 Å². The number of para-hydroxylation sites is 1. The second kappa shape index (κ2) is 6.43. The quantitative estimate of drug-likeness (QED) is 0.470. The molecular weight excluding hydrogens is 347 g/mol. The van der Waals surface area contributed by atoms with E-state index in [2.05, 4.69) is 33.8 Å². The standard InChI is InChI=1S/C16H13N2.HI/c1-2-9-16-14(6-1)7-5-12-18(16)13-10-15-8-3-4-11-17-15;/h1-13H;1H/q+1;/p-1. The van der Waals surface area contributed by atoms with Crippen LogP contribution in [0.4, 0.5) is 0 Å². The fraction of sp³-hybridized carbons (Fsp3) is 0. The first-order valence-corrected chi connectivity index (χ1v) is 5.92. The van der Waals surface area contributed by atoms with Crippen LogP contribution >= 0.6 is 0 Å². The van der Waals surface area contributed by atoms with Crippen LogP contribution in [0, 0.1) is 0 Å². The Balaban J connectivity index is 0.00000133. The van der Waals surface area contributed by atoms with Gasteiger partial charge in [-0.2, -0.15) is 4.57 Å². The van der Waals surface area contributed by atoms with Gasteiger partial charge in [0.2, 0.25) is 5.52 Å². The monoisotopic (exact) mass is 360 g/mol. The van der Waals surface area contributed by atoms with E-state index in [1.807, 2.05) is 48.8 Å². The van der Waals surface area contributed by atoms with Gasteiger partial charge in [0, 0.05) is 29.8 Å². The minimum Gasteiger partial charge on any atom is -1.00 e. The van der Waals surface area contributed by atoms with Gasteiger partial charge in [-0.1, -0.05) is 18.2 Å². The molecule has 0 radical (unpaired) electrons. The van der Waals surface area contributed by atoms with Gasteiger partial charge in [-0.05, 0) is 24.3 Å². The van der Waals surface area contributed by atoms with Gasteiger partial charge in [0.05, 0.1) is 5.69 Å². The van der Waals surface area contributed by atoms with Gasteiger partial charge in [0.1, 0.15) is 0 Å². The van der Waals surface area contributed by atoms with E-state index in [0.717, 1.165) is 5.69 Å². The van der Waals surface area contributed by atoms with Crippen molar-refractivity contribution in [2.75, 3.05) is 0 Å².